The quantitative estimate of drug-likeness (QED) is 0.490. The summed E-state index contributed by atoms with van der Waals surface area (Å²) in [6.45, 7) is 7.05. The van der Waals surface area contributed by atoms with Gasteiger partial charge in [0.15, 0.2) is 0 Å². The molecular formula is C10H21O5P. The second kappa shape index (κ2) is 7.82. The minimum atomic E-state index is -3.73. The highest BCUT2D eigenvalue weighted by atomic mass is 31.2. The third-order valence-electron chi connectivity index (χ3n) is 1.87. The van der Waals surface area contributed by atoms with E-state index in [-0.39, 0.29) is 12.7 Å². The molecule has 0 saturated carbocycles. The number of hydrogen-bond donors (Lipinski definition) is 0. The molecule has 6 heteroatoms. The van der Waals surface area contributed by atoms with E-state index in [1.807, 2.05) is 13.8 Å². The van der Waals surface area contributed by atoms with Crippen molar-refractivity contribution < 1.29 is 22.9 Å². The van der Waals surface area contributed by atoms with E-state index in [0.29, 0.717) is 6.42 Å². The number of hydrogen-bond acceptors (Lipinski definition) is 5. The zero-order valence-electron chi connectivity index (χ0n) is 10.4. The summed E-state index contributed by atoms with van der Waals surface area (Å²) in [4.78, 5) is 10.8. The maximum Gasteiger partial charge on any atom is 0.532 e. The Balaban J connectivity index is 4.36. The number of phosphoric ester groups is 1. The Morgan fingerprint density at radius 1 is 1.38 bits per heavy atom. The molecule has 0 aliphatic heterocycles. The normalized spacial score (nSPS) is 16.5. The zero-order chi connectivity index (χ0) is 12.6. The molecule has 16 heavy (non-hydrogen) atoms. The summed E-state index contributed by atoms with van der Waals surface area (Å²) in [5.74, 6) is -0.664. The predicted octanol–water partition coefficient (Wildman–Crippen LogP) is 3.29. The number of phosphoric acid groups is 1. The van der Waals surface area contributed by atoms with Gasteiger partial charge in [-0.25, -0.2) is 4.57 Å². The van der Waals surface area contributed by atoms with Gasteiger partial charge in [0.05, 0.1) is 12.7 Å². The Morgan fingerprint density at radius 2 is 2.00 bits per heavy atom. The molecule has 2 unspecified atom stereocenters. The summed E-state index contributed by atoms with van der Waals surface area (Å²) >= 11 is 0. The van der Waals surface area contributed by atoms with Crippen molar-refractivity contribution in [1.29, 1.82) is 0 Å². The van der Waals surface area contributed by atoms with Crippen LogP contribution in [-0.4, -0.2) is 18.7 Å². The van der Waals surface area contributed by atoms with E-state index < -0.39 is 13.8 Å². The predicted molar refractivity (Wildman–Crippen MR) is 61.1 cm³/mol. The number of carbonyl (C=O) groups excluding carboxylic acids is 1. The molecule has 0 heterocycles. The Bertz CT molecular complexity index is 254. The molecule has 2 atom stereocenters. The number of carbonyl (C=O) groups is 1. The van der Waals surface area contributed by atoms with Crippen LogP contribution in [0.5, 0.6) is 0 Å². The van der Waals surface area contributed by atoms with Crippen LogP contribution in [-0.2, 0) is 22.9 Å². The molecule has 0 saturated heterocycles. The lowest BCUT2D eigenvalue weighted by molar-refractivity contribution is -0.134. The van der Waals surface area contributed by atoms with E-state index in [9.17, 15) is 9.36 Å². The average molecular weight is 252 g/mol. The van der Waals surface area contributed by atoms with Gasteiger partial charge in [-0.3, -0.25) is 13.8 Å². The van der Waals surface area contributed by atoms with Crippen molar-refractivity contribution in [3.63, 3.8) is 0 Å². The van der Waals surface area contributed by atoms with Crippen LogP contribution in [0.15, 0.2) is 0 Å². The molecule has 0 aromatic rings. The van der Waals surface area contributed by atoms with Gasteiger partial charge in [-0.1, -0.05) is 20.3 Å². The molecular weight excluding hydrogens is 231 g/mol. The molecule has 0 amide bonds. The van der Waals surface area contributed by atoms with Crippen LogP contribution in [0.2, 0.25) is 0 Å². The van der Waals surface area contributed by atoms with Gasteiger partial charge in [-0.05, 0) is 19.8 Å². The maximum absolute atomic E-state index is 12.0. The average Bonchev–Trinajstić information content (AvgIpc) is 2.16. The molecule has 0 fully saturated rings. The van der Waals surface area contributed by atoms with E-state index >= 15 is 0 Å². The van der Waals surface area contributed by atoms with Gasteiger partial charge < -0.3 is 4.52 Å². The lowest BCUT2D eigenvalue weighted by Gasteiger charge is -2.19. The largest absolute Gasteiger partial charge is 0.532 e. The summed E-state index contributed by atoms with van der Waals surface area (Å²) in [5.41, 5.74) is 0. The smallest absolute Gasteiger partial charge is 0.371 e. The van der Waals surface area contributed by atoms with E-state index in [1.165, 1.54) is 6.92 Å². The highest BCUT2D eigenvalue weighted by molar-refractivity contribution is 7.49. The second-order valence-corrected chi connectivity index (χ2v) is 5.09. The molecule has 0 N–H and O–H groups in total. The maximum atomic E-state index is 12.0. The number of unbranched alkanes of at least 4 members (excludes halogenated alkanes) is 1. The molecule has 0 aromatic heterocycles. The third-order valence-corrected chi connectivity index (χ3v) is 3.47. The molecule has 0 radical (unpaired) electrons. The standard InChI is InChI=1S/C10H21O5P/c1-5-7-8-13-16(12,15-10(4)11)14-9(3)6-2/h9H,5-8H2,1-4H3. The first kappa shape index (κ1) is 15.6. The van der Waals surface area contributed by atoms with Gasteiger partial charge in [-0.15, -0.1) is 0 Å². The minimum absolute atomic E-state index is 0.261. The lowest BCUT2D eigenvalue weighted by Crippen LogP contribution is -2.11. The Labute approximate surface area is 97.1 Å². The second-order valence-electron chi connectivity index (χ2n) is 3.54. The molecule has 96 valence electrons. The topological polar surface area (TPSA) is 61.8 Å². The van der Waals surface area contributed by atoms with Gasteiger partial charge in [0, 0.05) is 6.92 Å². The molecule has 0 aliphatic rings. The molecule has 0 spiro atoms. The molecule has 0 rings (SSSR count). The summed E-state index contributed by atoms with van der Waals surface area (Å²) in [6, 6.07) is 0. The fourth-order valence-corrected chi connectivity index (χ4v) is 2.27. The van der Waals surface area contributed by atoms with Crippen molar-refractivity contribution >= 4 is 13.8 Å². The van der Waals surface area contributed by atoms with Crippen molar-refractivity contribution in [2.24, 2.45) is 0 Å². The zero-order valence-corrected chi connectivity index (χ0v) is 11.3. The lowest BCUT2D eigenvalue weighted by atomic mass is 10.3. The Morgan fingerprint density at radius 3 is 2.44 bits per heavy atom. The van der Waals surface area contributed by atoms with Crippen molar-refractivity contribution in [2.75, 3.05) is 6.61 Å². The van der Waals surface area contributed by atoms with E-state index in [1.54, 1.807) is 6.92 Å². The van der Waals surface area contributed by atoms with Gasteiger partial charge in [0.2, 0.25) is 0 Å². The van der Waals surface area contributed by atoms with Crippen molar-refractivity contribution in [1.82, 2.24) is 0 Å². The first-order valence-corrected chi connectivity index (χ1v) is 7.02. The summed E-state index contributed by atoms with van der Waals surface area (Å²) in [7, 11) is -3.73. The van der Waals surface area contributed by atoms with Crippen LogP contribution < -0.4 is 0 Å². The first-order chi connectivity index (χ1) is 7.43. The highest BCUT2D eigenvalue weighted by Crippen LogP contribution is 2.51. The van der Waals surface area contributed by atoms with E-state index in [0.717, 1.165) is 12.8 Å². The van der Waals surface area contributed by atoms with Crippen molar-refractivity contribution in [3.05, 3.63) is 0 Å². The molecule has 0 aromatic carbocycles. The highest BCUT2D eigenvalue weighted by Gasteiger charge is 2.31. The fourth-order valence-electron chi connectivity index (χ4n) is 0.851. The van der Waals surface area contributed by atoms with Crippen LogP contribution in [0.3, 0.4) is 0 Å². The first-order valence-electron chi connectivity index (χ1n) is 5.56. The van der Waals surface area contributed by atoms with Crippen LogP contribution in [0.25, 0.3) is 0 Å². The van der Waals surface area contributed by atoms with Crippen LogP contribution in [0.4, 0.5) is 0 Å². The van der Waals surface area contributed by atoms with Crippen molar-refractivity contribution in [3.8, 4) is 0 Å². The Hall–Kier alpha value is -0.380. The van der Waals surface area contributed by atoms with Gasteiger partial charge >= 0.3 is 13.8 Å². The van der Waals surface area contributed by atoms with Gasteiger partial charge in [0.1, 0.15) is 0 Å². The van der Waals surface area contributed by atoms with Crippen LogP contribution >= 0.6 is 7.82 Å². The minimum Gasteiger partial charge on any atom is -0.371 e. The van der Waals surface area contributed by atoms with Crippen LogP contribution in [0.1, 0.15) is 47.0 Å². The summed E-state index contributed by atoms with van der Waals surface area (Å²) in [5, 5.41) is 0. The summed E-state index contributed by atoms with van der Waals surface area (Å²) < 4.78 is 26.8. The summed E-state index contributed by atoms with van der Waals surface area (Å²) in [6.07, 6.45) is 2.05. The van der Waals surface area contributed by atoms with Gasteiger partial charge in [0.25, 0.3) is 0 Å². The fraction of sp³-hybridized carbons (Fsp3) is 0.900. The third kappa shape index (κ3) is 6.99. The van der Waals surface area contributed by atoms with E-state index in [2.05, 4.69) is 4.52 Å². The SMILES string of the molecule is CCCCOP(=O)(OC(C)=O)OC(C)CC. The monoisotopic (exact) mass is 252 g/mol. The Kier molecular flexibility index (Phi) is 7.64. The number of rotatable bonds is 8. The van der Waals surface area contributed by atoms with E-state index in [4.69, 9.17) is 9.05 Å². The molecule has 5 nitrogen and oxygen atoms in total. The molecule has 0 bridgehead atoms. The van der Waals surface area contributed by atoms with Gasteiger partial charge in [-0.2, -0.15) is 0 Å². The van der Waals surface area contributed by atoms with Crippen molar-refractivity contribution in [2.45, 2.75) is 53.1 Å². The van der Waals surface area contributed by atoms with Crippen LogP contribution in [0, 0.1) is 0 Å². The molecule has 0 aliphatic carbocycles.